The van der Waals surface area contributed by atoms with E-state index >= 15 is 0 Å². The molecule has 1 N–H and O–H groups in total. The van der Waals surface area contributed by atoms with Crippen LogP contribution in [0, 0.1) is 5.92 Å². The number of fused-ring (bicyclic) bond motifs is 3. The van der Waals surface area contributed by atoms with Gasteiger partial charge in [0.15, 0.2) is 0 Å². The molecule has 1 fully saturated rings. The van der Waals surface area contributed by atoms with Crippen LogP contribution in [-0.4, -0.2) is 66.1 Å². The maximum atomic E-state index is 13.2. The predicted octanol–water partition coefficient (Wildman–Crippen LogP) is 2.72. The minimum atomic E-state index is -0.112. The second kappa shape index (κ2) is 10.1. The molecule has 0 radical (unpaired) electrons. The Morgan fingerprint density at radius 1 is 1.03 bits per heavy atom. The van der Waals surface area contributed by atoms with Crippen molar-refractivity contribution >= 4 is 17.3 Å². The highest BCUT2D eigenvalue weighted by Gasteiger charge is 2.41. The van der Waals surface area contributed by atoms with Crippen LogP contribution in [0.15, 0.2) is 42.5 Å². The first-order valence-corrected chi connectivity index (χ1v) is 11.2. The summed E-state index contributed by atoms with van der Waals surface area (Å²) in [6.07, 6.45) is 1.54. The number of carbonyl (C=O) groups excluding carboxylic acids is 1. The Labute approximate surface area is 190 Å². The van der Waals surface area contributed by atoms with Gasteiger partial charge in [-0.3, -0.25) is 4.79 Å². The fraction of sp³-hybridized carbons (Fsp3) is 0.480. The number of carbonyl (C=O) groups is 1. The van der Waals surface area contributed by atoms with Gasteiger partial charge in [0.1, 0.15) is 11.5 Å². The van der Waals surface area contributed by atoms with E-state index in [1.54, 1.807) is 21.3 Å². The van der Waals surface area contributed by atoms with Gasteiger partial charge < -0.3 is 29.3 Å². The molecule has 2 aliphatic rings. The zero-order valence-electron chi connectivity index (χ0n) is 19.2. The van der Waals surface area contributed by atoms with Crippen LogP contribution in [0.5, 0.6) is 11.5 Å². The summed E-state index contributed by atoms with van der Waals surface area (Å²) in [7, 11) is 5.05. The van der Waals surface area contributed by atoms with Crippen LogP contribution in [-0.2, 0) is 16.0 Å². The Balaban J connectivity index is 1.58. The quantitative estimate of drug-likeness (QED) is 0.638. The Bertz CT molecular complexity index is 918. The molecular weight excluding hydrogens is 406 g/mol. The largest absolute Gasteiger partial charge is 0.497 e. The van der Waals surface area contributed by atoms with Gasteiger partial charge in [0.25, 0.3) is 0 Å². The third kappa shape index (κ3) is 4.63. The first-order chi connectivity index (χ1) is 15.6. The highest BCUT2D eigenvalue weighted by atomic mass is 16.5. The van der Waals surface area contributed by atoms with Crippen LogP contribution in [0.4, 0.5) is 11.4 Å². The number of nitrogens with one attached hydrogen (secondary N) is 1. The van der Waals surface area contributed by atoms with E-state index in [0.717, 1.165) is 49.7 Å². The minimum Gasteiger partial charge on any atom is -0.497 e. The molecule has 0 aliphatic carbocycles. The molecule has 2 heterocycles. The fourth-order valence-corrected chi connectivity index (χ4v) is 4.79. The molecule has 4 rings (SSSR count). The molecule has 32 heavy (non-hydrogen) atoms. The fourth-order valence-electron chi connectivity index (χ4n) is 4.79. The van der Waals surface area contributed by atoms with E-state index in [9.17, 15) is 4.79 Å². The lowest BCUT2D eigenvalue weighted by molar-refractivity contribution is -0.125. The van der Waals surface area contributed by atoms with Crippen LogP contribution in [0.2, 0.25) is 0 Å². The molecule has 2 aromatic carbocycles. The number of nitrogens with zero attached hydrogens (tertiary/aromatic N) is 2. The van der Waals surface area contributed by atoms with Gasteiger partial charge in [-0.2, -0.15) is 0 Å². The van der Waals surface area contributed by atoms with Gasteiger partial charge in [-0.1, -0.05) is 6.07 Å². The summed E-state index contributed by atoms with van der Waals surface area (Å²) in [6, 6.07) is 14.4. The average molecular weight is 440 g/mol. The van der Waals surface area contributed by atoms with E-state index in [0.29, 0.717) is 13.2 Å². The zero-order valence-corrected chi connectivity index (χ0v) is 19.2. The van der Waals surface area contributed by atoms with E-state index in [1.807, 2.05) is 18.2 Å². The van der Waals surface area contributed by atoms with Crippen molar-refractivity contribution in [3.8, 4) is 11.5 Å². The molecular formula is C25H33N3O4. The Kier molecular flexibility index (Phi) is 7.05. The SMILES string of the molecule is COCCCNC(=O)[C@@H]1Cc2ccc(OC)cc2N2CCN(c3ccc(OC)cc3)C[C@H]12. The van der Waals surface area contributed by atoms with Crippen LogP contribution in [0.1, 0.15) is 12.0 Å². The Hall–Kier alpha value is -2.93. The van der Waals surface area contributed by atoms with Crippen molar-refractivity contribution in [3.05, 3.63) is 48.0 Å². The van der Waals surface area contributed by atoms with Gasteiger partial charge in [-0.25, -0.2) is 0 Å². The Morgan fingerprint density at radius 3 is 2.50 bits per heavy atom. The topological polar surface area (TPSA) is 63.3 Å². The van der Waals surface area contributed by atoms with E-state index in [1.165, 1.54) is 11.3 Å². The molecule has 0 unspecified atom stereocenters. The van der Waals surface area contributed by atoms with E-state index in [-0.39, 0.29) is 17.9 Å². The number of hydrogen-bond acceptors (Lipinski definition) is 6. The van der Waals surface area contributed by atoms with Crippen molar-refractivity contribution in [1.29, 1.82) is 0 Å². The molecule has 0 aromatic heterocycles. The molecule has 1 amide bonds. The van der Waals surface area contributed by atoms with Crippen LogP contribution >= 0.6 is 0 Å². The van der Waals surface area contributed by atoms with Crippen molar-refractivity contribution in [2.24, 2.45) is 5.92 Å². The predicted molar refractivity (Wildman–Crippen MR) is 126 cm³/mol. The first kappa shape index (κ1) is 22.3. The normalized spacial score (nSPS) is 19.7. The molecule has 172 valence electrons. The zero-order chi connectivity index (χ0) is 22.5. The monoisotopic (exact) mass is 439 g/mol. The van der Waals surface area contributed by atoms with E-state index in [2.05, 4.69) is 39.4 Å². The summed E-state index contributed by atoms with van der Waals surface area (Å²) in [5.74, 6) is 1.70. The van der Waals surface area contributed by atoms with E-state index in [4.69, 9.17) is 14.2 Å². The number of ether oxygens (including phenoxy) is 3. The van der Waals surface area contributed by atoms with Crippen LogP contribution in [0.3, 0.4) is 0 Å². The highest BCUT2D eigenvalue weighted by Crippen LogP contribution is 2.39. The molecule has 0 spiro atoms. The summed E-state index contributed by atoms with van der Waals surface area (Å²) in [6.45, 7) is 3.81. The second-order valence-electron chi connectivity index (χ2n) is 8.35. The lowest BCUT2D eigenvalue weighted by Crippen LogP contribution is -2.61. The molecule has 7 heteroatoms. The summed E-state index contributed by atoms with van der Waals surface area (Å²) in [5, 5.41) is 3.14. The number of anilines is 2. The summed E-state index contributed by atoms with van der Waals surface area (Å²) >= 11 is 0. The molecule has 7 nitrogen and oxygen atoms in total. The number of amides is 1. The molecule has 2 aliphatic heterocycles. The number of hydrogen-bond donors (Lipinski definition) is 1. The molecule has 1 saturated heterocycles. The summed E-state index contributed by atoms with van der Waals surface area (Å²) in [5.41, 5.74) is 3.55. The molecule has 2 aromatic rings. The van der Waals surface area contributed by atoms with Crippen molar-refractivity contribution in [1.82, 2.24) is 5.32 Å². The summed E-state index contributed by atoms with van der Waals surface area (Å²) in [4.78, 5) is 18.0. The number of rotatable bonds is 8. The van der Waals surface area contributed by atoms with Gasteiger partial charge in [0.05, 0.1) is 26.2 Å². The molecule has 0 bridgehead atoms. The van der Waals surface area contributed by atoms with E-state index < -0.39 is 0 Å². The maximum Gasteiger partial charge on any atom is 0.225 e. The number of methoxy groups -OCH3 is 3. The van der Waals surface area contributed by atoms with Gasteiger partial charge in [0.2, 0.25) is 5.91 Å². The lowest BCUT2D eigenvalue weighted by atomic mass is 9.83. The van der Waals surface area contributed by atoms with Gasteiger partial charge in [0, 0.05) is 57.3 Å². The van der Waals surface area contributed by atoms with Crippen molar-refractivity contribution in [3.63, 3.8) is 0 Å². The van der Waals surface area contributed by atoms with Gasteiger partial charge in [-0.05, 0) is 48.7 Å². The van der Waals surface area contributed by atoms with Gasteiger partial charge in [-0.15, -0.1) is 0 Å². The first-order valence-electron chi connectivity index (χ1n) is 11.2. The highest BCUT2D eigenvalue weighted by molar-refractivity contribution is 5.82. The number of piperazine rings is 1. The van der Waals surface area contributed by atoms with Crippen molar-refractivity contribution in [2.75, 3.05) is 63.9 Å². The van der Waals surface area contributed by atoms with Crippen LogP contribution < -0.4 is 24.6 Å². The van der Waals surface area contributed by atoms with Crippen molar-refractivity contribution < 1.29 is 19.0 Å². The minimum absolute atomic E-state index is 0.0906. The smallest absolute Gasteiger partial charge is 0.225 e. The third-order valence-corrected chi connectivity index (χ3v) is 6.52. The summed E-state index contributed by atoms with van der Waals surface area (Å²) < 4.78 is 15.9. The number of benzene rings is 2. The standard InChI is InChI=1S/C25H33N3O4/c1-30-14-4-11-26-25(29)22-15-18-5-8-21(32-3)16-23(18)28-13-12-27(17-24(22)28)19-6-9-20(31-2)10-7-19/h5-10,16,22,24H,4,11-15,17H2,1-3H3,(H,26,29)/t22-,24-/m1/s1. The molecule has 2 atom stereocenters. The third-order valence-electron chi connectivity index (χ3n) is 6.52. The van der Waals surface area contributed by atoms with Crippen molar-refractivity contribution in [2.45, 2.75) is 18.9 Å². The lowest BCUT2D eigenvalue weighted by Gasteiger charge is -2.49. The maximum absolute atomic E-state index is 13.2. The molecule has 0 saturated carbocycles. The van der Waals surface area contributed by atoms with Crippen LogP contribution in [0.25, 0.3) is 0 Å². The Morgan fingerprint density at radius 2 is 1.78 bits per heavy atom. The average Bonchev–Trinajstić information content (AvgIpc) is 2.85. The second-order valence-corrected chi connectivity index (χ2v) is 8.35. The van der Waals surface area contributed by atoms with Gasteiger partial charge >= 0.3 is 0 Å².